The van der Waals surface area contributed by atoms with Crippen LogP contribution >= 0.6 is 0 Å². The van der Waals surface area contributed by atoms with E-state index in [0.29, 0.717) is 5.75 Å². The molecule has 0 amide bonds. The normalized spacial score (nSPS) is 11.9. The third-order valence-corrected chi connectivity index (χ3v) is 1.82. The average Bonchev–Trinajstić information content (AvgIpc) is 2.27. The van der Waals surface area contributed by atoms with Crippen LogP contribution in [0.25, 0.3) is 0 Å². The van der Waals surface area contributed by atoms with Gasteiger partial charge in [-0.1, -0.05) is 12.1 Å². The predicted molar refractivity (Wildman–Crippen MR) is 48.9 cm³/mol. The number of rotatable bonds is 3. The lowest BCUT2D eigenvalue weighted by Gasteiger charge is -2.06. The molecule has 0 saturated heterocycles. The first-order valence-corrected chi connectivity index (χ1v) is 4.05. The van der Waals surface area contributed by atoms with Crippen molar-refractivity contribution in [2.24, 2.45) is 0 Å². The van der Waals surface area contributed by atoms with Gasteiger partial charge in [0.15, 0.2) is 0 Å². The lowest BCUT2D eigenvalue weighted by molar-refractivity contribution is -0.146. The Hall–Kier alpha value is -1.58. The monoisotopic (exact) mass is 198 g/mol. The number of carbonyl (C=O) groups excluding carboxylic acids is 1. The zero-order chi connectivity index (χ0) is 10.6. The molecule has 0 saturated carbocycles. The smallest absolute Gasteiger partial charge is 0.345 e. The molecule has 1 aromatic rings. The highest BCUT2D eigenvalue weighted by atomic mass is 19.1. The summed E-state index contributed by atoms with van der Waals surface area (Å²) < 4.78 is 22.4. The number of carbonyl (C=O) groups is 1. The largest absolute Gasteiger partial charge is 0.497 e. The van der Waals surface area contributed by atoms with Crippen LogP contribution in [0.2, 0.25) is 0 Å². The Labute approximate surface area is 81.4 Å². The van der Waals surface area contributed by atoms with Gasteiger partial charge in [-0.15, -0.1) is 0 Å². The maximum Gasteiger partial charge on any atom is 0.345 e. The highest BCUT2D eigenvalue weighted by Crippen LogP contribution is 2.21. The summed E-state index contributed by atoms with van der Waals surface area (Å²) in [5, 5.41) is 0. The van der Waals surface area contributed by atoms with Crippen LogP contribution in [0.15, 0.2) is 24.3 Å². The van der Waals surface area contributed by atoms with Gasteiger partial charge in [-0.25, -0.2) is 9.18 Å². The Morgan fingerprint density at radius 1 is 1.29 bits per heavy atom. The van der Waals surface area contributed by atoms with Gasteiger partial charge in [-0.2, -0.15) is 0 Å². The molecule has 0 aliphatic carbocycles. The molecule has 0 aliphatic heterocycles. The molecule has 14 heavy (non-hydrogen) atoms. The van der Waals surface area contributed by atoms with Crippen LogP contribution in [-0.4, -0.2) is 20.2 Å². The number of hydrogen-bond donors (Lipinski definition) is 0. The second-order valence-electron chi connectivity index (χ2n) is 2.66. The summed E-state index contributed by atoms with van der Waals surface area (Å²) in [6, 6.07) is 6.15. The molecule has 1 rings (SSSR count). The average molecular weight is 198 g/mol. The highest BCUT2D eigenvalue weighted by Gasteiger charge is 2.19. The maximum absolute atomic E-state index is 13.2. The minimum atomic E-state index is -1.73. The second kappa shape index (κ2) is 4.60. The van der Waals surface area contributed by atoms with Crippen LogP contribution in [0.5, 0.6) is 5.75 Å². The van der Waals surface area contributed by atoms with E-state index in [4.69, 9.17) is 4.74 Å². The number of alkyl halides is 1. The van der Waals surface area contributed by atoms with E-state index in [9.17, 15) is 9.18 Å². The van der Waals surface area contributed by atoms with Crippen LogP contribution in [0.3, 0.4) is 0 Å². The second-order valence-corrected chi connectivity index (χ2v) is 2.66. The lowest BCUT2D eigenvalue weighted by Crippen LogP contribution is -2.09. The summed E-state index contributed by atoms with van der Waals surface area (Å²) in [5.41, 5.74) is 0.262. The van der Waals surface area contributed by atoms with Gasteiger partial charge >= 0.3 is 5.97 Å². The van der Waals surface area contributed by atoms with E-state index in [1.807, 2.05) is 0 Å². The third-order valence-electron chi connectivity index (χ3n) is 1.82. The SMILES string of the molecule is COC(=O)[C@H](F)c1ccc(OC)cc1. The summed E-state index contributed by atoms with van der Waals surface area (Å²) in [7, 11) is 2.67. The summed E-state index contributed by atoms with van der Waals surface area (Å²) in [4.78, 5) is 10.8. The molecular formula is C10H11FO3. The lowest BCUT2D eigenvalue weighted by atomic mass is 10.1. The van der Waals surface area contributed by atoms with Crippen molar-refractivity contribution in [3.63, 3.8) is 0 Å². The van der Waals surface area contributed by atoms with Gasteiger partial charge < -0.3 is 9.47 Å². The number of ether oxygens (including phenoxy) is 2. The van der Waals surface area contributed by atoms with E-state index in [2.05, 4.69) is 4.74 Å². The molecule has 0 N–H and O–H groups in total. The fraction of sp³-hybridized carbons (Fsp3) is 0.300. The minimum absolute atomic E-state index is 0.262. The molecule has 0 bridgehead atoms. The Balaban J connectivity index is 2.81. The minimum Gasteiger partial charge on any atom is -0.497 e. The molecule has 0 heterocycles. The predicted octanol–water partition coefficient (Wildman–Crippen LogP) is 1.88. The van der Waals surface area contributed by atoms with Gasteiger partial charge in [-0.3, -0.25) is 0 Å². The number of hydrogen-bond acceptors (Lipinski definition) is 3. The topological polar surface area (TPSA) is 35.5 Å². The van der Waals surface area contributed by atoms with E-state index < -0.39 is 12.1 Å². The van der Waals surface area contributed by atoms with Gasteiger partial charge in [0.05, 0.1) is 14.2 Å². The molecule has 1 aromatic carbocycles. The molecule has 0 aromatic heterocycles. The first-order valence-electron chi connectivity index (χ1n) is 4.05. The van der Waals surface area contributed by atoms with Crippen molar-refractivity contribution in [1.29, 1.82) is 0 Å². The molecule has 0 fully saturated rings. The van der Waals surface area contributed by atoms with Crippen molar-refractivity contribution in [2.45, 2.75) is 6.17 Å². The van der Waals surface area contributed by atoms with Crippen LogP contribution in [0.4, 0.5) is 4.39 Å². The van der Waals surface area contributed by atoms with E-state index in [1.54, 1.807) is 12.1 Å². The Bertz CT molecular complexity index is 308. The molecule has 1 atom stereocenters. The molecule has 3 nitrogen and oxygen atoms in total. The van der Waals surface area contributed by atoms with Crippen molar-refractivity contribution in [1.82, 2.24) is 0 Å². The van der Waals surface area contributed by atoms with Gasteiger partial charge in [0.1, 0.15) is 5.75 Å². The fourth-order valence-electron chi connectivity index (χ4n) is 1.01. The highest BCUT2D eigenvalue weighted by molar-refractivity contribution is 5.76. The molecule has 0 aliphatic rings. The van der Waals surface area contributed by atoms with Crippen LogP contribution in [0, 0.1) is 0 Å². The third kappa shape index (κ3) is 2.22. The van der Waals surface area contributed by atoms with Gasteiger partial charge in [0, 0.05) is 0 Å². The number of methoxy groups -OCH3 is 2. The van der Waals surface area contributed by atoms with Crippen molar-refractivity contribution in [3.05, 3.63) is 29.8 Å². The standard InChI is InChI=1S/C10H11FO3/c1-13-8-5-3-7(4-6-8)9(11)10(12)14-2/h3-6,9H,1-2H3/t9-/m1/s1. The van der Waals surface area contributed by atoms with Crippen LogP contribution in [-0.2, 0) is 9.53 Å². The Morgan fingerprint density at radius 2 is 1.86 bits per heavy atom. The van der Waals surface area contributed by atoms with Crippen molar-refractivity contribution in [2.75, 3.05) is 14.2 Å². The van der Waals surface area contributed by atoms with Gasteiger partial charge in [-0.05, 0) is 17.7 Å². The van der Waals surface area contributed by atoms with Gasteiger partial charge in [0.2, 0.25) is 6.17 Å². The summed E-state index contributed by atoms with van der Waals surface area (Å²) in [5.74, 6) is -0.277. The Morgan fingerprint density at radius 3 is 2.29 bits per heavy atom. The summed E-state index contributed by atoms with van der Waals surface area (Å²) >= 11 is 0. The first-order chi connectivity index (χ1) is 6.69. The number of halogens is 1. The zero-order valence-electron chi connectivity index (χ0n) is 7.99. The fourth-order valence-corrected chi connectivity index (χ4v) is 1.01. The van der Waals surface area contributed by atoms with E-state index >= 15 is 0 Å². The summed E-state index contributed by atoms with van der Waals surface area (Å²) in [6.07, 6.45) is -1.73. The van der Waals surface area contributed by atoms with E-state index in [0.717, 1.165) is 7.11 Å². The molecule has 0 radical (unpaired) electrons. The van der Waals surface area contributed by atoms with Crippen molar-refractivity contribution < 1.29 is 18.7 Å². The first kappa shape index (κ1) is 10.5. The molecule has 4 heteroatoms. The van der Waals surface area contributed by atoms with Crippen molar-refractivity contribution >= 4 is 5.97 Å². The molecule has 0 unspecified atom stereocenters. The number of benzene rings is 1. The molecule has 76 valence electrons. The number of esters is 1. The van der Waals surface area contributed by atoms with Gasteiger partial charge in [0.25, 0.3) is 0 Å². The van der Waals surface area contributed by atoms with Crippen molar-refractivity contribution in [3.8, 4) is 5.75 Å². The molecular weight excluding hydrogens is 187 g/mol. The van der Waals surface area contributed by atoms with Crippen LogP contribution < -0.4 is 4.74 Å². The maximum atomic E-state index is 13.2. The molecule has 0 spiro atoms. The Kier molecular flexibility index (Phi) is 3.45. The zero-order valence-corrected chi connectivity index (χ0v) is 7.99. The van der Waals surface area contributed by atoms with Crippen LogP contribution in [0.1, 0.15) is 11.7 Å². The summed E-state index contributed by atoms with van der Waals surface area (Å²) in [6.45, 7) is 0. The van der Waals surface area contributed by atoms with E-state index in [-0.39, 0.29) is 5.56 Å². The van der Waals surface area contributed by atoms with E-state index in [1.165, 1.54) is 19.2 Å². The quantitative estimate of drug-likeness (QED) is 0.695.